The molecule has 3 amide bonds. The number of nitrogens with zero attached hydrogens (tertiary/aromatic N) is 1. The molecule has 1 N–H and O–H groups in total. The fourth-order valence-electron chi connectivity index (χ4n) is 4.25. The smallest absolute Gasteiger partial charge is 0.252 e. The second-order valence-corrected chi connectivity index (χ2v) is 6.47. The summed E-state index contributed by atoms with van der Waals surface area (Å²) in [6.07, 6.45) is 11.4. The summed E-state index contributed by atoms with van der Waals surface area (Å²) in [6, 6.07) is 0. The molecule has 2 fully saturated rings. The van der Waals surface area contributed by atoms with Gasteiger partial charge in [0.2, 0.25) is 5.91 Å². The molecule has 0 aromatic heterocycles. The van der Waals surface area contributed by atoms with E-state index >= 15 is 0 Å². The molecule has 5 atom stereocenters. The summed E-state index contributed by atoms with van der Waals surface area (Å²) in [6.45, 7) is 0. The van der Waals surface area contributed by atoms with Crippen molar-refractivity contribution in [3.05, 3.63) is 24.3 Å². The Labute approximate surface area is 123 Å². The van der Waals surface area contributed by atoms with Crippen molar-refractivity contribution in [2.24, 2.45) is 29.6 Å². The Kier molecular flexibility index (Phi) is 2.77. The predicted octanol–water partition coefficient (Wildman–Crippen LogP) is 1.18. The van der Waals surface area contributed by atoms with E-state index in [4.69, 9.17) is 0 Å². The first-order valence-electron chi connectivity index (χ1n) is 7.68. The van der Waals surface area contributed by atoms with E-state index in [0.29, 0.717) is 6.42 Å². The van der Waals surface area contributed by atoms with Crippen molar-refractivity contribution in [3.8, 4) is 0 Å². The zero-order chi connectivity index (χ0) is 14.6. The van der Waals surface area contributed by atoms with Gasteiger partial charge in [-0.2, -0.15) is 5.01 Å². The fourth-order valence-corrected chi connectivity index (χ4v) is 4.25. The lowest BCUT2D eigenvalue weighted by Crippen LogP contribution is -2.49. The van der Waals surface area contributed by atoms with Gasteiger partial charge < -0.3 is 0 Å². The van der Waals surface area contributed by atoms with Gasteiger partial charge in [-0.25, -0.2) is 0 Å². The van der Waals surface area contributed by atoms with Gasteiger partial charge in [0, 0.05) is 5.92 Å². The zero-order valence-electron chi connectivity index (χ0n) is 11.7. The molecular weight excluding hydrogens is 268 g/mol. The minimum Gasteiger partial charge on any atom is -0.273 e. The quantitative estimate of drug-likeness (QED) is 0.612. The van der Waals surface area contributed by atoms with Crippen molar-refractivity contribution in [3.63, 3.8) is 0 Å². The number of fused-ring (bicyclic) bond motifs is 5. The first-order chi connectivity index (χ1) is 10.2. The van der Waals surface area contributed by atoms with Gasteiger partial charge in [-0.1, -0.05) is 24.3 Å². The van der Waals surface area contributed by atoms with Gasteiger partial charge in [-0.05, 0) is 37.5 Å². The lowest BCUT2D eigenvalue weighted by Gasteiger charge is -2.22. The number of amides is 3. The maximum absolute atomic E-state index is 12.4. The third-order valence-electron chi connectivity index (χ3n) is 5.33. The highest BCUT2D eigenvalue weighted by Crippen LogP contribution is 2.52. The summed E-state index contributed by atoms with van der Waals surface area (Å²) in [5.41, 5.74) is 2.58. The van der Waals surface area contributed by atoms with Crippen LogP contribution in [0, 0.1) is 29.6 Å². The number of hydrogen-bond acceptors (Lipinski definition) is 3. The van der Waals surface area contributed by atoms with Gasteiger partial charge >= 0.3 is 0 Å². The van der Waals surface area contributed by atoms with Crippen LogP contribution in [0.4, 0.5) is 0 Å². The molecule has 0 aromatic carbocycles. The minimum absolute atomic E-state index is 0.133. The Morgan fingerprint density at radius 1 is 1.10 bits per heavy atom. The molecule has 0 unspecified atom stereocenters. The first-order valence-corrected chi connectivity index (χ1v) is 7.68. The maximum atomic E-state index is 12.4. The minimum atomic E-state index is -0.251. The number of rotatable bonds is 2. The molecule has 3 aliphatic carbocycles. The van der Waals surface area contributed by atoms with Crippen LogP contribution in [0.2, 0.25) is 0 Å². The van der Waals surface area contributed by atoms with E-state index in [1.807, 2.05) is 18.2 Å². The highest BCUT2D eigenvalue weighted by molar-refractivity contribution is 6.07. The van der Waals surface area contributed by atoms with E-state index in [0.717, 1.165) is 24.3 Å². The van der Waals surface area contributed by atoms with Gasteiger partial charge in [-0.3, -0.25) is 19.8 Å². The van der Waals surface area contributed by atoms with Crippen molar-refractivity contribution in [1.82, 2.24) is 10.4 Å². The molecule has 4 rings (SSSR count). The number of nitrogens with one attached hydrogen (secondary N) is 1. The SMILES string of the molecule is O=C(NN1C(=O)[C@@H]2[C@H](C1=O)[C@H]1C=C[C@H]2C1)[C@@H]1CC=CCC1. The highest BCUT2D eigenvalue weighted by atomic mass is 16.2. The molecule has 1 aliphatic heterocycles. The molecule has 0 radical (unpaired) electrons. The van der Waals surface area contributed by atoms with Crippen LogP contribution in [0.3, 0.4) is 0 Å². The van der Waals surface area contributed by atoms with E-state index in [1.54, 1.807) is 0 Å². The molecule has 1 heterocycles. The van der Waals surface area contributed by atoms with Gasteiger partial charge in [0.05, 0.1) is 11.8 Å². The van der Waals surface area contributed by atoms with E-state index < -0.39 is 0 Å². The van der Waals surface area contributed by atoms with Crippen molar-refractivity contribution >= 4 is 17.7 Å². The largest absolute Gasteiger partial charge is 0.273 e. The van der Waals surface area contributed by atoms with Crippen molar-refractivity contribution in [2.45, 2.75) is 25.7 Å². The Balaban J connectivity index is 1.49. The number of carbonyl (C=O) groups is 3. The molecule has 21 heavy (non-hydrogen) atoms. The van der Waals surface area contributed by atoms with E-state index in [-0.39, 0.29) is 47.3 Å². The molecule has 110 valence electrons. The topological polar surface area (TPSA) is 66.5 Å². The molecule has 5 heteroatoms. The van der Waals surface area contributed by atoms with Crippen LogP contribution < -0.4 is 5.43 Å². The maximum Gasteiger partial charge on any atom is 0.252 e. The summed E-state index contributed by atoms with van der Waals surface area (Å²) in [5.74, 6) is -0.930. The summed E-state index contributed by atoms with van der Waals surface area (Å²) in [7, 11) is 0. The van der Waals surface area contributed by atoms with Crippen molar-refractivity contribution < 1.29 is 14.4 Å². The molecular formula is C16H18N2O3. The van der Waals surface area contributed by atoms with Crippen LogP contribution in [0.15, 0.2) is 24.3 Å². The van der Waals surface area contributed by atoms with Crippen molar-refractivity contribution in [1.29, 1.82) is 0 Å². The monoisotopic (exact) mass is 286 g/mol. The Morgan fingerprint density at radius 3 is 2.33 bits per heavy atom. The Bertz CT molecular complexity index is 550. The highest BCUT2D eigenvalue weighted by Gasteiger charge is 2.59. The third kappa shape index (κ3) is 1.79. The Morgan fingerprint density at radius 2 is 1.76 bits per heavy atom. The van der Waals surface area contributed by atoms with Gasteiger partial charge in [0.1, 0.15) is 0 Å². The molecule has 2 bridgehead atoms. The van der Waals surface area contributed by atoms with E-state index in [2.05, 4.69) is 11.5 Å². The number of hydrogen-bond donors (Lipinski definition) is 1. The average molecular weight is 286 g/mol. The number of hydrazine groups is 1. The van der Waals surface area contributed by atoms with Crippen LogP contribution in [-0.4, -0.2) is 22.7 Å². The number of allylic oxidation sites excluding steroid dienone is 4. The van der Waals surface area contributed by atoms with E-state index in [9.17, 15) is 14.4 Å². The Hall–Kier alpha value is -1.91. The number of imide groups is 1. The molecule has 4 aliphatic rings. The summed E-state index contributed by atoms with van der Waals surface area (Å²) < 4.78 is 0. The van der Waals surface area contributed by atoms with Gasteiger partial charge in [0.15, 0.2) is 0 Å². The lowest BCUT2D eigenvalue weighted by molar-refractivity contribution is -0.151. The molecule has 1 saturated heterocycles. The van der Waals surface area contributed by atoms with Crippen LogP contribution in [0.5, 0.6) is 0 Å². The van der Waals surface area contributed by atoms with Crippen LogP contribution in [-0.2, 0) is 14.4 Å². The lowest BCUT2D eigenvalue weighted by atomic mass is 9.85. The second-order valence-electron chi connectivity index (χ2n) is 6.47. The van der Waals surface area contributed by atoms with Gasteiger partial charge in [-0.15, -0.1) is 0 Å². The number of carbonyl (C=O) groups excluding carboxylic acids is 3. The fraction of sp³-hybridized carbons (Fsp3) is 0.562. The van der Waals surface area contributed by atoms with Crippen molar-refractivity contribution in [2.75, 3.05) is 0 Å². The standard InChI is InChI=1S/C16H18N2O3/c19-14(9-4-2-1-3-5-9)17-18-15(20)12-10-6-7-11(8-10)13(12)16(18)21/h1-2,6-7,9-13H,3-5,8H2,(H,17,19)/t9-,10+,11+,12-,13+/m1/s1. The second kappa shape index (κ2) is 4.55. The molecule has 0 aromatic rings. The zero-order valence-corrected chi connectivity index (χ0v) is 11.7. The summed E-state index contributed by atoms with van der Waals surface area (Å²) in [4.78, 5) is 37.1. The van der Waals surface area contributed by atoms with Crippen LogP contribution in [0.1, 0.15) is 25.7 Å². The first kappa shape index (κ1) is 12.8. The average Bonchev–Trinajstić information content (AvgIpc) is 3.18. The predicted molar refractivity (Wildman–Crippen MR) is 74.2 cm³/mol. The molecule has 1 saturated carbocycles. The van der Waals surface area contributed by atoms with Crippen LogP contribution >= 0.6 is 0 Å². The summed E-state index contributed by atoms with van der Waals surface area (Å²) in [5, 5.41) is 1.00. The normalized spacial score (nSPS) is 40.0. The van der Waals surface area contributed by atoms with E-state index in [1.165, 1.54) is 0 Å². The third-order valence-corrected chi connectivity index (χ3v) is 5.33. The molecule has 0 spiro atoms. The van der Waals surface area contributed by atoms with Crippen LogP contribution in [0.25, 0.3) is 0 Å². The summed E-state index contributed by atoms with van der Waals surface area (Å²) >= 11 is 0. The molecule has 5 nitrogen and oxygen atoms in total. The van der Waals surface area contributed by atoms with Gasteiger partial charge in [0.25, 0.3) is 11.8 Å².